The highest BCUT2D eigenvalue weighted by Gasteiger charge is 2.49. The molecule has 180 valence electrons. The molecule has 1 fully saturated rings. The number of halogens is 3. The first-order chi connectivity index (χ1) is 15.6. The summed E-state index contributed by atoms with van der Waals surface area (Å²) in [7, 11) is 1.53. The maximum atomic E-state index is 12.7. The van der Waals surface area contributed by atoms with Gasteiger partial charge >= 0.3 is 12.1 Å². The number of benzene rings is 1. The van der Waals surface area contributed by atoms with Crippen LogP contribution in [0.25, 0.3) is 11.3 Å². The Balaban J connectivity index is 1.75. The molecule has 1 aliphatic heterocycles. The van der Waals surface area contributed by atoms with E-state index in [-0.39, 0.29) is 13.2 Å². The van der Waals surface area contributed by atoms with Gasteiger partial charge < -0.3 is 29.7 Å². The lowest BCUT2D eigenvalue weighted by Crippen LogP contribution is -2.65. The van der Waals surface area contributed by atoms with Crippen LogP contribution in [-0.4, -0.2) is 81.7 Å². The Morgan fingerprint density at radius 1 is 1.36 bits per heavy atom. The monoisotopic (exact) mass is 472 g/mol. The Hall–Kier alpha value is -3.00. The van der Waals surface area contributed by atoms with Gasteiger partial charge in [-0.2, -0.15) is 13.2 Å². The molecule has 3 N–H and O–H groups in total. The fraction of sp³-hybridized carbons (Fsp3) is 0.450. The average molecular weight is 472 g/mol. The number of nitrogens with zero attached hydrogens (tertiary/aromatic N) is 3. The topological polar surface area (TPSA) is 128 Å². The number of aliphatic hydroxyl groups excluding tert-OH is 2. The minimum absolute atomic E-state index is 0.108. The van der Waals surface area contributed by atoms with Gasteiger partial charge in [-0.05, 0) is 12.1 Å². The standard InChI is InChI=1S/C20H23F3N4O6/c1-3-7-32-18-15(24-19(30)20(21,22)23)17(29)16(28)14(33-18)10-27-9-13(25-26-27)11-5-4-6-12(8-11)31-2/h3-6,8-9,14-18,28-29H,1,7,10H2,2H3,(H,24,30)/t14-,15-,16+,17-,18+/m1/s1. The lowest BCUT2D eigenvalue weighted by Gasteiger charge is -2.42. The minimum Gasteiger partial charge on any atom is -0.497 e. The first-order valence-corrected chi connectivity index (χ1v) is 9.80. The SMILES string of the molecule is C=CCO[C@H]1O[C@H](Cn2cc(-c3cccc(OC)c3)nn2)[C@H](O)[C@H](O)[C@H]1NC(=O)C(F)(F)F. The molecule has 1 aliphatic rings. The van der Waals surface area contributed by atoms with Gasteiger partial charge in [0.25, 0.3) is 0 Å². The Kier molecular flexibility index (Phi) is 7.68. The normalized spacial score (nSPS) is 25.5. The van der Waals surface area contributed by atoms with E-state index in [1.165, 1.54) is 17.9 Å². The fourth-order valence-corrected chi connectivity index (χ4v) is 3.26. The van der Waals surface area contributed by atoms with Crippen LogP contribution in [-0.2, 0) is 20.8 Å². The van der Waals surface area contributed by atoms with Crippen LogP contribution in [0.4, 0.5) is 13.2 Å². The number of hydrogen-bond donors (Lipinski definition) is 3. The van der Waals surface area contributed by atoms with E-state index in [0.29, 0.717) is 17.0 Å². The van der Waals surface area contributed by atoms with Crippen molar-refractivity contribution < 1.29 is 42.4 Å². The van der Waals surface area contributed by atoms with Crippen LogP contribution in [0.1, 0.15) is 0 Å². The molecule has 0 aliphatic carbocycles. The van der Waals surface area contributed by atoms with Crippen LogP contribution in [0.2, 0.25) is 0 Å². The Morgan fingerprint density at radius 3 is 2.79 bits per heavy atom. The molecule has 10 nitrogen and oxygen atoms in total. The second-order valence-electron chi connectivity index (χ2n) is 7.20. The molecule has 5 atom stereocenters. The summed E-state index contributed by atoms with van der Waals surface area (Å²) >= 11 is 0. The van der Waals surface area contributed by atoms with Crippen molar-refractivity contribution in [3.8, 4) is 17.0 Å². The number of methoxy groups -OCH3 is 1. The van der Waals surface area contributed by atoms with E-state index in [4.69, 9.17) is 14.2 Å². The van der Waals surface area contributed by atoms with Gasteiger partial charge in [-0.3, -0.25) is 4.79 Å². The molecule has 0 spiro atoms. The molecule has 3 rings (SSSR count). The van der Waals surface area contributed by atoms with E-state index in [0.717, 1.165) is 0 Å². The second-order valence-corrected chi connectivity index (χ2v) is 7.20. The van der Waals surface area contributed by atoms with Gasteiger partial charge in [-0.1, -0.05) is 23.4 Å². The molecule has 1 saturated heterocycles. The van der Waals surface area contributed by atoms with Gasteiger partial charge in [-0.15, -0.1) is 11.7 Å². The number of carbonyl (C=O) groups excluding carboxylic acids is 1. The molecule has 2 aromatic rings. The third-order valence-corrected chi connectivity index (χ3v) is 4.91. The molecule has 13 heteroatoms. The van der Waals surface area contributed by atoms with Crippen molar-refractivity contribution in [2.75, 3.05) is 13.7 Å². The Bertz CT molecular complexity index is 969. The van der Waals surface area contributed by atoms with E-state index in [9.17, 15) is 28.2 Å². The first kappa shape index (κ1) is 24.6. The van der Waals surface area contributed by atoms with Gasteiger partial charge in [0, 0.05) is 5.56 Å². The van der Waals surface area contributed by atoms with Crippen molar-refractivity contribution >= 4 is 5.91 Å². The van der Waals surface area contributed by atoms with Crippen LogP contribution >= 0.6 is 0 Å². The lowest BCUT2D eigenvalue weighted by molar-refractivity contribution is -0.266. The summed E-state index contributed by atoms with van der Waals surface area (Å²) in [5.41, 5.74) is 1.21. The highest BCUT2D eigenvalue weighted by atomic mass is 19.4. The summed E-state index contributed by atoms with van der Waals surface area (Å²) < 4.78 is 55.4. The summed E-state index contributed by atoms with van der Waals surface area (Å²) in [6, 6.07) is 5.40. The summed E-state index contributed by atoms with van der Waals surface area (Å²) in [6.07, 6.45) is -8.40. The van der Waals surface area contributed by atoms with Crippen molar-refractivity contribution in [2.24, 2.45) is 0 Å². The second kappa shape index (κ2) is 10.3. The summed E-state index contributed by atoms with van der Waals surface area (Å²) in [5.74, 6) is -1.68. The maximum absolute atomic E-state index is 12.7. The van der Waals surface area contributed by atoms with Crippen LogP contribution in [0.5, 0.6) is 5.75 Å². The summed E-state index contributed by atoms with van der Waals surface area (Å²) in [4.78, 5) is 11.4. The molecule has 0 bridgehead atoms. The van der Waals surface area contributed by atoms with Gasteiger partial charge in [0.1, 0.15) is 35.8 Å². The van der Waals surface area contributed by atoms with E-state index >= 15 is 0 Å². The number of nitrogens with one attached hydrogen (secondary N) is 1. The van der Waals surface area contributed by atoms with Crippen LogP contribution < -0.4 is 10.1 Å². The zero-order valence-corrected chi connectivity index (χ0v) is 17.5. The molecule has 0 unspecified atom stereocenters. The van der Waals surface area contributed by atoms with Gasteiger partial charge in [-0.25, -0.2) is 4.68 Å². The molecule has 1 aromatic heterocycles. The molecule has 0 radical (unpaired) electrons. The summed E-state index contributed by atoms with van der Waals surface area (Å²) in [6.45, 7) is 3.20. The van der Waals surface area contributed by atoms with Crippen molar-refractivity contribution in [3.05, 3.63) is 43.1 Å². The Labute approximate surface area is 186 Å². The van der Waals surface area contributed by atoms with Crippen LogP contribution in [0, 0.1) is 0 Å². The molecule has 2 heterocycles. The molecule has 0 saturated carbocycles. The first-order valence-electron chi connectivity index (χ1n) is 9.80. The quantitative estimate of drug-likeness (QED) is 0.478. The third kappa shape index (κ3) is 5.87. The smallest absolute Gasteiger partial charge is 0.471 e. The number of ether oxygens (including phenoxy) is 3. The highest BCUT2D eigenvalue weighted by molar-refractivity contribution is 5.82. The fourth-order valence-electron chi connectivity index (χ4n) is 3.26. The van der Waals surface area contributed by atoms with Crippen molar-refractivity contribution in [1.29, 1.82) is 0 Å². The summed E-state index contributed by atoms with van der Waals surface area (Å²) in [5, 5.41) is 30.5. The van der Waals surface area contributed by atoms with E-state index in [1.54, 1.807) is 35.8 Å². The number of alkyl halides is 3. The Morgan fingerprint density at radius 2 is 2.12 bits per heavy atom. The number of hydrogen-bond acceptors (Lipinski definition) is 8. The minimum atomic E-state index is -5.19. The van der Waals surface area contributed by atoms with Gasteiger partial charge in [0.2, 0.25) is 0 Å². The average Bonchev–Trinajstić information content (AvgIpc) is 3.25. The van der Waals surface area contributed by atoms with E-state index in [1.807, 2.05) is 0 Å². The maximum Gasteiger partial charge on any atom is 0.471 e. The predicted octanol–water partition coefficient (Wildman–Crippen LogP) is 0.650. The van der Waals surface area contributed by atoms with E-state index < -0.39 is 42.7 Å². The number of aromatic nitrogens is 3. The molecule has 1 aromatic carbocycles. The van der Waals surface area contributed by atoms with Crippen molar-refractivity contribution in [1.82, 2.24) is 20.3 Å². The van der Waals surface area contributed by atoms with Crippen molar-refractivity contribution in [2.45, 2.75) is 43.4 Å². The van der Waals surface area contributed by atoms with Crippen LogP contribution in [0.15, 0.2) is 43.1 Å². The lowest BCUT2D eigenvalue weighted by atomic mass is 9.96. The van der Waals surface area contributed by atoms with Gasteiger partial charge in [0.05, 0.1) is 26.5 Å². The van der Waals surface area contributed by atoms with Crippen molar-refractivity contribution in [3.63, 3.8) is 0 Å². The molecule has 1 amide bonds. The number of amides is 1. The van der Waals surface area contributed by atoms with E-state index in [2.05, 4.69) is 16.9 Å². The predicted molar refractivity (Wildman–Crippen MR) is 107 cm³/mol. The molecular weight excluding hydrogens is 449 g/mol. The number of carbonyl (C=O) groups is 1. The largest absolute Gasteiger partial charge is 0.497 e. The number of rotatable bonds is 8. The zero-order valence-electron chi connectivity index (χ0n) is 17.5. The van der Waals surface area contributed by atoms with Crippen LogP contribution in [0.3, 0.4) is 0 Å². The highest BCUT2D eigenvalue weighted by Crippen LogP contribution is 2.26. The number of aliphatic hydroxyl groups is 2. The molecule has 33 heavy (non-hydrogen) atoms. The third-order valence-electron chi connectivity index (χ3n) is 4.91. The molecular formula is C20H23F3N4O6. The van der Waals surface area contributed by atoms with Gasteiger partial charge in [0.15, 0.2) is 6.29 Å². The zero-order chi connectivity index (χ0) is 24.2.